The molecular weight excluding hydrogens is 284 g/mol. The summed E-state index contributed by atoms with van der Waals surface area (Å²) in [5, 5.41) is 12.0. The lowest BCUT2D eigenvalue weighted by Gasteiger charge is -2.21. The molecule has 0 aromatic heterocycles. The maximum atomic E-state index is 12.3. The van der Waals surface area contributed by atoms with Gasteiger partial charge in [0.1, 0.15) is 0 Å². The molecule has 6 heteroatoms. The summed E-state index contributed by atoms with van der Waals surface area (Å²) in [5.41, 5.74) is 0.788. The van der Waals surface area contributed by atoms with E-state index in [0.29, 0.717) is 18.7 Å². The maximum Gasteiger partial charge on any atom is 0.321 e. The number of nitrogens with one attached hydrogen (secondary N) is 1. The Labute approximate surface area is 130 Å². The summed E-state index contributed by atoms with van der Waals surface area (Å²) in [5.74, 6) is -0.862. The number of anilines is 1. The summed E-state index contributed by atoms with van der Waals surface area (Å²) in [7, 11) is 1.63. The number of hydrogen-bond donors (Lipinski definition) is 2. The van der Waals surface area contributed by atoms with Gasteiger partial charge in [-0.3, -0.25) is 4.79 Å². The first kappa shape index (κ1) is 16.3. The van der Waals surface area contributed by atoms with Gasteiger partial charge in [0.05, 0.1) is 11.5 Å². The van der Waals surface area contributed by atoms with Gasteiger partial charge in [-0.2, -0.15) is 0 Å². The second kappa shape index (κ2) is 6.36. The Morgan fingerprint density at radius 1 is 1.45 bits per heavy atom. The number of aliphatic carboxylic acids is 1. The maximum absolute atomic E-state index is 12.3. The van der Waals surface area contributed by atoms with Crippen molar-refractivity contribution >= 4 is 17.7 Å². The molecule has 0 aliphatic carbocycles. The predicted octanol–water partition coefficient (Wildman–Crippen LogP) is 2.72. The Bertz CT molecular complexity index is 575. The number of methoxy groups -OCH3 is 1. The van der Waals surface area contributed by atoms with Crippen molar-refractivity contribution in [3.8, 4) is 0 Å². The number of carbonyl (C=O) groups excluding carboxylic acids is 1. The van der Waals surface area contributed by atoms with Crippen LogP contribution in [0.4, 0.5) is 10.5 Å². The van der Waals surface area contributed by atoms with Crippen LogP contribution in [0, 0.1) is 5.41 Å². The minimum atomic E-state index is -0.862. The number of ether oxygens (including phenoxy) is 1. The van der Waals surface area contributed by atoms with Crippen molar-refractivity contribution in [2.75, 3.05) is 25.5 Å². The molecule has 1 aromatic rings. The zero-order valence-corrected chi connectivity index (χ0v) is 13.1. The number of rotatable bonds is 4. The molecule has 1 saturated heterocycles. The molecule has 1 heterocycles. The minimum absolute atomic E-state index is 0.0565. The molecule has 2 N–H and O–H groups in total. The number of benzene rings is 1. The van der Waals surface area contributed by atoms with Gasteiger partial charge in [0.25, 0.3) is 0 Å². The van der Waals surface area contributed by atoms with E-state index in [4.69, 9.17) is 4.74 Å². The van der Waals surface area contributed by atoms with E-state index in [1.165, 1.54) is 0 Å². The SMILES string of the molecule is COC(C)c1cccc(NC(=O)N2CCC(C)(C(=O)O)C2)c1. The molecule has 2 amide bonds. The number of urea groups is 1. The Morgan fingerprint density at radius 3 is 2.77 bits per heavy atom. The van der Waals surface area contributed by atoms with Gasteiger partial charge in [-0.05, 0) is 38.0 Å². The summed E-state index contributed by atoms with van der Waals surface area (Å²) in [4.78, 5) is 25.0. The Kier molecular flexibility index (Phi) is 4.71. The lowest BCUT2D eigenvalue weighted by atomic mass is 9.90. The van der Waals surface area contributed by atoms with Crippen LogP contribution >= 0.6 is 0 Å². The average Bonchev–Trinajstić information content (AvgIpc) is 2.91. The average molecular weight is 306 g/mol. The molecule has 2 rings (SSSR count). The highest BCUT2D eigenvalue weighted by atomic mass is 16.5. The largest absolute Gasteiger partial charge is 0.481 e. The zero-order valence-electron chi connectivity index (χ0n) is 13.1. The molecule has 22 heavy (non-hydrogen) atoms. The standard InChI is InChI=1S/C16H22N2O4/c1-11(22-3)12-5-4-6-13(9-12)17-15(21)18-8-7-16(2,10-18)14(19)20/h4-6,9,11H,7-8,10H2,1-3H3,(H,17,21)(H,19,20). The molecule has 1 aliphatic heterocycles. The van der Waals surface area contributed by atoms with Gasteiger partial charge < -0.3 is 20.1 Å². The fourth-order valence-electron chi connectivity index (χ4n) is 2.52. The first-order valence-corrected chi connectivity index (χ1v) is 7.28. The fourth-order valence-corrected chi connectivity index (χ4v) is 2.52. The highest BCUT2D eigenvalue weighted by molar-refractivity contribution is 5.90. The minimum Gasteiger partial charge on any atom is -0.481 e. The van der Waals surface area contributed by atoms with E-state index in [1.54, 1.807) is 25.0 Å². The van der Waals surface area contributed by atoms with Crippen LogP contribution in [0.5, 0.6) is 0 Å². The molecule has 0 saturated carbocycles. The molecule has 0 bridgehead atoms. The number of carboxylic acid groups (broad SMARTS) is 1. The summed E-state index contributed by atoms with van der Waals surface area (Å²) in [6.45, 7) is 4.27. The molecule has 0 spiro atoms. The van der Waals surface area contributed by atoms with Crippen molar-refractivity contribution < 1.29 is 19.4 Å². The molecule has 1 aliphatic rings. The molecule has 1 fully saturated rings. The topological polar surface area (TPSA) is 78.9 Å². The van der Waals surface area contributed by atoms with E-state index >= 15 is 0 Å². The van der Waals surface area contributed by atoms with Crippen LogP contribution in [0.15, 0.2) is 24.3 Å². The molecule has 0 radical (unpaired) electrons. The van der Waals surface area contributed by atoms with E-state index in [-0.39, 0.29) is 18.7 Å². The van der Waals surface area contributed by atoms with Crippen molar-refractivity contribution in [2.24, 2.45) is 5.41 Å². The zero-order chi connectivity index (χ0) is 16.3. The van der Waals surface area contributed by atoms with Crippen LogP contribution in [0.2, 0.25) is 0 Å². The van der Waals surface area contributed by atoms with Gasteiger partial charge in [-0.15, -0.1) is 0 Å². The quantitative estimate of drug-likeness (QED) is 0.896. The molecular formula is C16H22N2O4. The normalized spacial score (nSPS) is 22.4. The second-order valence-electron chi connectivity index (χ2n) is 5.97. The van der Waals surface area contributed by atoms with Gasteiger partial charge in [-0.1, -0.05) is 12.1 Å². The highest BCUT2D eigenvalue weighted by Crippen LogP contribution is 2.30. The van der Waals surface area contributed by atoms with E-state index in [9.17, 15) is 14.7 Å². The predicted molar refractivity (Wildman–Crippen MR) is 82.8 cm³/mol. The van der Waals surface area contributed by atoms with Crippen molar-refractivity contribution in [1.29, 1.82) is 0 Å². The molecule has 2 atom stereocenters. The number of carboxylic acids is 1. The van der Waals surface area contributed by atoms with E-state index < -0.39 is 11.4 Å². The Balaban J connectivity index is 2.03. The Hall–Kier alpha value is -2.08. The number of carbonyl (C=O) groups is 2. The lowest BCUT2D eigenvalue weighted by Crippen LogP contribution is -2.37. The third-order valence-corrected chi connectivity index (χ3v) is 4.24. The monoisotopic (exact) mass is 306 g/mol. The second-order valence-corrected chi connectivity index (χ2v) is 5.97. The summed E-state index contributed by atoms with van der Waals surface area (Å²) < 4.78 is 5.26. The smallest absolute Gasteiger partial charge is 0.321 e. The van der Waals surface area contributed by atoms with Gasteiger partial charge in [0, 0.05) is 25.9 Å². The van der Waals surface area contributed by atoms with Gasteiger partial charge in [-0.25, -0.2) is 4.79 Å². The molecule has 1 aromatic carbocycles. The van der Waals surface area contributed by atoms with Gasteiger partial charge >= 0.3 is 12.0 Å². The van der Waals surface area contributed by atoms with Crippen LogP contribution in [0.25, 0.3) is 0 Å². The van der Waals surface area contributed by atoms with Crippen molar-refractivity contribution in [3.05, 3.63) is 29.8 Å². The third kappa shape index (κ3) is 3.39. The van der Waals surface area contributed by atoms with E-state index in [0.717, 1.165) is 5.56 Å². The molecule has 120 valence electrons. The van der Waals surface area contributed by atoms with Crippen LogP contribution in [0.3, 0.4) is 0 Å². The molecule has 6 nitrogen and oxygen atoms in total. The summed E-state index contributed by atoms with van der Waals surface area (Å²) in [6, 6.07) is 7.18. The number of hydrogen-bond acceptors (Lipinski definition) is 3. The van der Waals surface area contributed by atoms with Crippen LogP contribution in [-0.2, 0) is 9.53 Å². The highest BCUT2D eigenvalue weighted by Gasteiger charge is 2.42. The van der Waals surface area contributed by atoms with Crippen molar-refractivity contribution in [1.82, 2.24) is 4.90 Å². The third-order valence-electron chi connectivity index (χ3n) is 4.24. The number of nitrogens with zero attached hydrogens (tertiary/aromatic N) is 1. The van der Waals surface area contributed by atoms with Crippen molar-refractivity contribution in [2.45, 2.75) is 26.4 Å². The van der Waals surface area contributed by atoms with E-state index in [2.05, 4.69) is 5.32 Å². The fraction of sp³-hybridized carbons (Fsp3) is 0.500. The van der Waals surface area contributed by atoms with Gasteiger partial charge in [0.15, 0.2) is 0 Å². The van der Waals surface area contributed by atoms with E-state index in [1.807, 2.05) is 25.1 Å². The lowest BCUT2D eigenvalue weighted by molar-refractivity contribution is -0.146. The Morgan fingerprint density at radius 2 is 2.18 bits per heavy atom. The first-order valence-electron chi connectivity index (χ1n) is 7.28. The number of likely N-dealkylation sites (tertiary alicyclic amines) is 1. The van der Waals surface area contributed by atoms with Crippen molar-refractivity contribution in [3.63, 3.8) is 0 Å². The van der Waals surface area contributed by atoms with Crippen LogP contribution < -0.4 is 5.32 Å². The van der Waals surface area contributed by atoms with Gasteiger partial charge in [0.2, 0.25) is 0 Å². The van der Waals surface area contributed by atoms with Crippen LogP contribution in [0.1, 0.15) is 31.9 Å². The first-order chi connectivity index (χ1) is 10.4. The summed E-state index contributed by atoms with van der Waals surface area (Å²) in [6.07, 6.45) is 0.412. The molecule has 2 unspecified atom stereocenters. The van der Waals surface area contributed by atoms with Crippen LogP contribution in [-0.4, -0.2) is 42.2 Å². The number of amides is 2. The summed E-state index contributed by atoms with van der Waals surface area (Å²) >= 11 is 0.